The van der Waals surface area contributed by atoms with Crippen molar-refractivity contribution in [2.45, 2.75) is 10.8 Å². The summed E-state index contributed by atoms with van der Waals surface area (Å²) in [5, 5.41) is 6.45. The van der Waals surface area contributed by atoms with Gasteiger partial charge in [-0.3, -0.25) is 9.48 Å². The van der Waals surface area contributed by atoms with Crippen LogP contribution in [0.15, 0.2) is 28.7 Å². The molecule has 9 heteroatoms. The van der Waals surface area contributed by atoms with Gasteiger partial charge in [0.25, 0.3) is 5.91 Å². The molecule has 0 aliphatic heterocycles. The third kappa shape index (κ3) is 3.38. The number of thiophene rings is 1. The number of nitrogens with zero attached hydrogens (tertiary/aromatic N) is 2. The van der Waals surface area contributed by atoms with Crippen LogP contribution >= 0.6 is 11.3 Å². The van der Waals surface area contributed by atoms with Crippen LogP contribution in [0.3, 0.4) is 0 Å². The molecule has 0 fully saturated rings. The van der Waals surface area contributed by atoms with E-state index >= 15 is 0 Å². The van der Waals surface area contributed by atoms with Gasteiger partial charge in [-0.05, 0) is 12.1 Å². The minimum absolute atomic E-state index is 0.133. The van der Waals surface area contributed by atoms with Gasteiger partial charge in [0.2, 0.25) is 0 Å². The molecule has 2 aromatic heterocycles. The molecule has 0 saturated heterocycles. The number of amides is 1. The van der Waals surface area contributed by atoms with Crippen molar-refractivity contribution in [1.29, 1.82) is 0 Å². The van der Waals surface area contributed by atoms with E-state index in [1.54, 1.807) is 13.2 Å². The van der Waals surface area contributed by atoms with Crippen LogP contribution in [0.4, 0.5) is 3.89 Å². The van der Waals surface area contributed by atoms with Crippen LogP contribution in [0.5, 0.6) is 0 Å². The van der Waals surface area contributed by atoms with Gasteiger partial charge in [-0.25, -0.2) is 0 Å². The van der Waals surface area contributed by atoms with Crippen LogP contribution < -0.4 is 5.32 Å². The van der Waals surface area contributed by atoms with E-state index in [9.17, 15) is 17.1 Å². The monoisotopic (exact) mass is 303 g/mol. The van der Waals surface area contributed by atoms with E-state index in [1.165, 1.54) is 23.0 Å². The Bertz CT molecular complexity index is 705. The molecule has 1 N–H and O–H groups in total. The maximum Gasteiger partial charge on any atom is 0.341 e. The second-order valence-electron chi connectivity index (χ2n) is 3.74. The SMILES string of the molecule is Cn1cc(C(=O)NCc2ccc(S(=O)(=O)F)s2)cn1. The maximum atomic E-state index is 12.7. The molecule has 0 aliphatic carbocycles. The molecule has 0 aromatic carbocycles. The molecule has 0 saturated carbocycles. The van der Waals surface area contributed by atoms with Gasteiger partial charge >= 0.3 is 10.2 Å². The largest absolute Gasteiger partial charge is 0.347 e. The van der Waals surface area contributed by atoms with Gasteiger partial charge in [-0.1, -0.05) is 3.89 Å². The van der Waals surface area contributed by atoms with Gasteiger partial charge in [0.05, 0.1) is 18.3 Å². The van der Waals surface area contributed by atoms with Crippen molar-refractivity contribution >= 4 is 27.5 Å². The molecule has 102 valence electrons. The quantitative estimate of drug-likeness (QED) is 0.857. The first-order chi connectivity index (χ1) is 8.86. The number of hydrogen-bond acceptors (Lipinski definition) is 5. The average Bonchev–Trinajstić information content (AvgIpc) is 2.93. The van der Waals surface area contributed by atoms with Gasteiger partial charge in [-0.2, -0.15) is 13.5 Å². The lowest BCUT2D eigenvalue weighted by atomic mass is 10.3. The van der Waals surface area contributed by atoms with Gasteiger partial charge in [0, 0.05) is 18.1 Å². The summed E-state index contributed by atoms with van der Waals surface area (Å²) in [6.45, 7) is 0.133. The zero-order chi connectivity index (χ0) is 14.0. The maximum absolute atomic E-state index is 12.7. The summed E-state index contributed by atoms with van der Waals surface area (Å²) in [6.07, 6.45) is 2.97. The van der Waals surface area contributed by atoms with Gasteiger partial charge in [-0.15, -0.1) is 11.3 Å². The van der Waals surface area contributed by atoms with Crippen molar-refractivity contribution in [3.63, 3.8) is 0 Å². The Kier molecular flexibility index (Phi) is 3.67. The lowest BCUT2D eigenvalue weighted by Crippen LogP contribution is -2.21. The highest BCUT2D eigenvalue weighted by Crippen LogP contribution is 2.23. The van der Waals surface area contributed by atoms with E-state index in [1.807, 2.05) is 0 Å². The van der Waals surface area contributed by atoms with E-state index in [-0.39, 0.29) is 16.7 Å². The number of hydrogen-bond donors (Lipinski definition) is 1. The first kappa shape index (κ1) is 13.7. The van der Waals surface area contributed by atoms with Crippen molar-refractivity contribution in [3.05, 3.63) is 35.0 Å². The van der Waals surface area contributed by atoms with E-state index in [4.69, 9.17) is 0 Å². The highest BCUT2D eigenvalue weighted by atomic mass is 32.3. The second-order valence-corrected chi connectivity index (χ2v) is 6.49. The third-order valence-electron chi connectivity index (χ3n) is 2.27. The van der Waals surface area contributed by atoms with Gasteiger partial charge < -0.3 is 5.32 Å². The van der Waals surface area contributed by atoms with E-state index in [0.29, 0.717) is 10.4 Å². The summed E-state index contributed by atoms with van der Waals surface area (Å²) in [6, 6.07) is 2.63. The number of carbonyl (C=O) groups is 1. The zero-order valence-electron chi connectivity index (χ0n) is 9.83. The Morgan fingerprint density at radius 2 is 2.26 bits per heavy atom. The molecule has 0 spiro atoms. The van der Waals surface area contributed by atoms with Crippen LogP contribution in [-0.4, -0.2) is 24.1 Å². The number of aromatic nitrogens is 2. The molecule has 1 amide bonds. The highest BCUT2D eigenvalue weighted by molar-refractivity contribution is 7.88. The Labute approximate surface area is 113 Å². The molecule has 0 unspecified atom stereocenters. The first-order valence-corrected chi connectivity index (χ1v) is 7.36. The first-order valence-electron chi connectivity index (χ1n) is 5.16. The van der Waals surface area contributed by atoms with Crippen LogP contribution in [0.1, 0.15) is 15.2 Å². The van der Waals surface area contributed by atoms with E-state index in [0.717, 1.165) is 11.3 Å². The summed E-state index contributed by atoms with van der Waals surface area (Å²) < 4.78 is 35.1. The molecule has 0 bridgehead atoms. The molecule has 6 nitrogen and oxygen atoms in total. The lowest BCUT2D eigenvalue weighted by molar-refractivity contribution is 0.0951. The predicted molar refractivity (Wildman–Crippen MR) is 67.0 cm³/mol. The van der Waals surface area contributed by atoms with Crippen molar-refractivity contribution in [3.8, 4) is 0 Å². The Balaban J connectivity index is 1.99. The average molecular weight is 303 g/mol. The topological polar surface area (TPSA) is 81.1 Å². The Morgan fingerprint density at radius 1 is 1.53 bits per heavy atom. The summed E-state index contributed by atoms with van der Waals surface area (Å²) in [4.78, 5) is 12.2. The van der Waals surface area contributed by atoms with E-state index < -0.39 is 10.2 Å². The van der Waals surface area contributed by atoms with Crippen molar-refractivity contribution in [2.75, 3.05) is 0 Å². The zero-order valence-corrected chi connectivity index (χ0v) is 11.5. The van der Waals surface area contributed by atoms with Crippen LogP contribution in [0.2, 0.25) is 0 Å². The standard InChI is InChI=1S/C10H10FN3O3S2/c1-14-6-7(4-13-14)10(15)12-5-8-2-3-9(18-8)19(11,16)17/h2-4,6H,5H2,1H3,(H,12,15). The lowest BCUT2D eigenvalue weighted by Gasteiger charge is -2.00. The van der Waals surface area contributed by atoms with Crippen LogP contribution in [0, 0.1) is 0 Å². The molecular formula is C10H10FN3O3S2. The van der Waals surface area contributed by atoms with Crippen molar-refractivity contribution in [2.24, 2.45) is 7.05 Å². The predicted octanol–water partition coefficient (Wildman–Crippen LogP) is 1.07. The summed E-state index contributed by atoms with van der Waals surface area (Å²) in [7, 11) is -2.99. The van der Waals surface area contributed by atoms with Gasteiger partial charge in [0.15, 0.2) is 4.21 Å². The summed E-state index contributed by atoms with van der Waals surface area (Å²) in [5.41, 5.74) is 0.400. The van der Waals surface area contributed by atoms with Crippen LogP contribution in [-0.2, 0) is 23.8 Å². The minimum atomic E-state index is -4.68. The number of nitrogens with one attached hydrogen (secondary N) is 1. The number of carbonyl (C=O) groups excluding carboxylic acids is 1. The normalized spacial score (nSPS) is 11.5. The fourth-order valence-electron chi connectivity index (χ4n) is 1.39. The summed E-state index contributed by atoms with van der Waals surface area (Å²) >= 11 is 0.784. The minimum Gasteiger partial charge on any atom is -0.347 e. The number of rotatable bonds is 4. The molecule has 2 rings (SSSR count). The second kappa shape index (κ2) is 5.10. The highest BCUT2D eigenvalue weighted by Gasteiger charge is 2.15. The smallest absolute Gasteiger partial charge is 0.341 e. The Hall–Kier alpha value is -1.74. The van der Waals surface area contributed by atoms with Crippen LogP contribution in [0.25, 0.3) is 0 Å². The molecule has 2 heterocycles. The van der Waals surface area contributed by atoms with Gasteiger partial charge in [0.1, 0.15) is 0 Å². The van der Waals surface area contributed by atoms with Crippen molar-refractivity contribution < 1.29 is 17.1 Å². The third-order valence-corrected chi connectivity index (χ3v) is 4.61. The molecule has 2 aromatic rings. The number of aryl methyl sites for hydroxylation is 1. The molecule has 0 radical (unpaired) electrons. The molecule has 0 aliphatic rings. The molecular weight excluding hydrogens is 293 g/mol. The van der Waals surface area contributed by atoms with Crippen molar-refractivity contribution in [1.82, 2.24) is 15.1 Å². The fourth-order valence-corrected chi connectivity index (χ4v) is 3.02. The van der Waals surface area contributed by atoms with E-state index in [2.05, 4.69) is 10.4 Å². The molecule has 0 atom stereocenters. The number of halogens is 1. The fraction of sp³-hybridized carbons (Fsp3) is 0.200. The summed E-state index contributed by atoms with van der Waals surface area (Å²) in [5.74, 6) is -0.328. The Morgan fingerprint density at radius 3 is 2.79 bits per heavy atom. The molecule has 19 heavy (non-hydrogen) atoms.